The van der Waals surface area contributed by atoms with Crippen LogP contribution in [0.4, 0.5) is 0 Å². The number of rotatable bonds is 7. The van der Waals surface area contributed by atoms with Crippen molar-refractivity contribution in [1.82, 2.24) is 10.2 Å². The molecule has 32 heavy (non-hydrogen) atoms. The normalized spacial score (nSPS) is 19.3. The van der Waals surface area contributed by atoms with Gasteiger partial charge in [-0.25, -0.2) is 0 Å². The van der Waals surface area contributed by atoms with E-state index in [1.54, 1.807) is 7.11 Å². The molecule has 2 atom stereocenters. The molecule has 0 aromatic heterocycles. The van der Waals surface area contributed by atoms with Gasteiger partial charge in [0, 0.05) is 30.7 Å². The second-order valence-electron chi connectivity index (χ2n) is 9.50. The fourth-order valence-corrected chi connectivity index (χ4v) is 5.40. The van der Waals surface area contributed by atoms with Gasteiger partial charge in [-0.05, 0) is 86.8 Å². The quantitative estimate of drug-likeness (QED) is 0.652. The molecule has 1 N–H and O–H groups in total. The lowest BCUT2D eigenvalue weighted by Crippen LogP contribution is -2.39. The monoisotopic (exact) mass is 432 g/mol. The smallest absolute Gasteiger partial charge is 0.247 e. The highest BCUT2D eigenvalue weighted by molar-refractivity contribution is 6.02. The molecule has 4 heteroatoms. The summed E-state index contributed by atoms with van der Waals surface area (Å²) in [7, 11) is 1.71. The van der Waals surface area contributed by atoms with Crippen LogP contribution in [-0.4, -0.2) is 36.5 Å². The van der Waals surface area contributed by atoms with Crippen molar-refractivity contribution in [3.8, 4) is 5.75 Å². The summed E-state index contributed by atoms with van der Waals surface area (Å²) in [6.45, 7) is 8.40. The lowest BCUT2D eigenvalue weighted by molar-refractivity contribution is -0.117. The highest BCUT2D eigenvalue weighted by Gasteiger charge is 2.33. The van der Waals surface area contributed by atoms with E-state index in [0.717, 1.165) is 50.1 Å². The van der Waals surface area contributed by atoms with Gasteiger partial charge in [0.2, 0.25) is 5.91 Å². The van der Waals surface area contributed by atoms with Crippen molar-refractivity contribution in [1.29, 1.82) is 0 Å². The number of ether oxygens (including phenoxy) is 1. The Hall–Kier alpha value is -2.59. The van der Waals surface area contributed by atoms with Crippen LogP contribution in [0.5, 0.6) is 5.75 Å². The molecule has 2 aromatic rings. The van der Waals surface area contributed by atoms with Crippen molar-refractivity contribution < 1.29 is 9.53 Å². The first kappa shape index (κ1) is 22.6. The van der Waals surface area contributed by atoms with Crippen LogP contribution in [-0.2, 0) is 17.8 Å². The van der Waals surface area contributed by atoms with Crippen molar-refractivity contribution in [3.05, 3.63) is 70.8 Å². The van der Waals surface area contributed by atoms with Crippen molar-refractivity contribution in [3.63, 3.8) is 0 Å². The highest BCUT2D eigenvalue weighted by atomic mass is 16.5. The molecule has 0 fully saturated rings. The molecule has 2 unspecified atom stereocenters. The summed E-state index contributed by atoms with van der Waals surface area (Å²) < 4.78 is 5.47. The van der Waals surface area contributed by atoms with Gasteiger partial charge >= 0.3 is 0 Å². The van der Waals surface area contributed by atoms with Gasteiger partial charge < -0.3 is 10.1 Å². The summed E-state index contributed by atoms with van der Waals surface area (Å²) in [6.07, 6.45) is 3.92. The van der Waals surface area contributed by atoms with Crippen LogP contribution < -0.4 is 10.1 Å². The van der Waals surface area contributed by atoms with Gasteiger partial charge in [-0.3, -0.25) is 9.69 Å². The van der Waals surface area contributed by atoms with Crippen molar-refractivity contribution in [2.45, 2.75) is 65.1 Å². The average molecular weight is 433 g/mol. The van der Waals surface area contributed by atoms with Crippen LogP contribution in [0.25, 0.3) is 5.57 Å². The molecule has 1 aliphatic carbocycles. The van der Waals surface area contributed by atoms with Crippen LogP contribution in [0.2, 0.25) is 0 Å². The first-order chi connectivity index (χ1) is 15.5. The molecule has 170 valence electrons. The first-order valence-electron chi connectivity index (χ1n) is 12.0. The topological polar surface area (TPSA) is 41.6 Å². The number of methoxy groups -OCH3 is 1. The van der Waals surface area contributed by atoms with Gasteiger partial charge in [-0.1, -0.05) is 36.4 Å². The number of hydrogen-bond acceptors (Lipinski definition) is 3. The molecule has 4 nitrogen and oxygen atoms in total. The maximum Gasteiger partial charge on any atom is 0.247 e. The Bertz CT molecular complexity index is 980. The molecular weight excluding hydrogens is 396 g/mol. The van der Waals surface area contributed by atoms with Crippen LogP contribution >= 0.6 is 0 Å². The molecule has 2 aromatic carbocycles. The summed E-state index contributed by atoms with van der Waals surface area (Å²) >= 11 is 0. The molecule has 0 radical (unpaired) electrons. The van der Waals surface area contributed by atoms with Gasteiger partial charge in [-0.15, -0.1) is 0 Å². The predicted octanol–water partition coefficient (Wildman–Crippen LogP) is 5.22. The molecule has 1 aliphatic heterocycles. The maximum atomic E-state index is 13.3. The van der Waals surface area contributed by atoms with Crippen LogP contribution in [0.3, 0.4) is 0 Å². The average Bonchev–Trinajstić information content (AvgIpc) is 2.96. The number of carbonyl (C=O) groups excluding carboxylic acids is 1. The number of amides is 1. The zero-order valence-electron chi connectivity index (χ0n) is 19.9. The van der Waals surface area contributed by atoms with Gasteiger partial charge in [0.15, 0.2) is 0 Å². The van der Waals surface area contributed by atoms with Crippen LogP contribution in [0.15, 0.2) is 54.1 Å². The van der Waals surface area contributed by atoms with Crippen LogP contribution in [0.1, 0.15) is 56.7 Å². The third-order valence-corrected chi connectivity index (χ3v) is 7.09. The molecule has 1 heterocycles. The zero-order valence-corrected chi connectivity index (χ0v) is 19.9. The third kappa shape index (κ3) is 4.75. The third-order valence-electron chi connectivity index (χ3n) is 7.09. The Morgan fingerprint density at radius 3 is 2.59 bits per heavy atom. The van der Waals surface area contributed by atoms with Crippen molar-refractivity contribution in [2.24, 2.45) is 5.92 Å². The largest absolute Gasteiger partial charge is 0.497 e. The minimum absolute atomic E-state index is 0.112. The minimum Gasteiger partial charge on any atom is -0.497 e. The molecule has 0 saturated heterocycles. The number of allylic oxidation sites excluding steroid dienone is 1. The van der Waals surface area contributed by atoms with E-state index < -0.39 is 0 Å². The summed E-state index contributed by atoms with van der Waals surface area (Å²) in [5.74, 6) is 1.45. The van der Waals surface area contributed by atoms with E-state index in [2.05, 4.69) is 73.5 Å². The molecule has 0 spiro atoms. The highest BCUT2D eigenvalue weighted by Crippen LogP contribution is 2.42. The Kier molecular flexibility index (Phi) is 7.00. The molecule has 2 aliphatic rings. The minimum atomic E-state index is 0.112. The van der Waals surface area contributed by atoms with Gasteiger partial charge in [-0.2, -0.15) is 0 Å². The number of fused-ring (bicyclic) bond motifs is 3. The SMILES string of the molecule is COc1ccc2c(c1)CCC1CCNC(=O)C(CC(C)N(Cc3ccccc3)C(C)C)=C21. The number of hydrogen-bond donors (Lipinski definition) is 1. The van der Waals surface area contributed by atoms with E-state index in [9.17, 15) is 4.79 Å². The first-order valence-corrected chi connectivity index (χ1v) is 12.0. The van der Waals surface area contributed by atoms with E-state index >= 15 is 0 Å². The zero-order chi connectivity index (χ0) is 22.7. The van der Waals surface area contributed by atoms with Gasteiger partial charge in [0.1, 0.15) is 5.75 Å². The van der Waals surface area contributed by atoms with Gasteiger partial charge in [0.05, 0.1) is 7.11 Å². The lowest BCUT2D eigenvalue weighted by atomic mass is 9.75. The number of nitrogens with one attached hydrogen (secondary N) is 1. The Morgan fingerprint density at radius 2 is 1.88 bits per heavy atom. The summed E-state index contributed by atoms with van der Waals surface area (Å²) in [5, 5.41) is 3.19. The fourth-order valence-electron chi connectivity index (χ4n) is 5.40. The second-order valence-corrected chi connectivity index (χ2v) is 9.50. The lowest BCUT2D eigenvalue weighted by Gasteiger charge is -2.35. The molecule has 0 saturated carbocycles. The maximum absolute atomic E-state index is 13.3. The fraction of sp³-hybridized carbons (Fsp3) is 0.464. The number of carbonyl (C=O) groups is 1. The summed E-state index contributed by atoms with van der Waals surface area (Å²) in [6, 6.07) is 17.6. The Morgan fingerprint density at radius 1 is 1.09 bits per heavy atom. The van der Waals surface area contributed by atoms with E-state index in [1.165, 1.54) is 22.3 Å². The van der Waals surface area contributed by atoms with E-state index in [0.29, 0.717) is 12.0 Å². The summed E-state index contributed by atoms with van der Waals surface area (Å²) in [4.78, 5) is 15.8. The molecule has 4 rings (SSSR count). The Balaban J connectivity index is 1.69. The number of aryl methyl sites for hydroxylation is 1. The molecule has 0 bridgehead atoms. The molecule has 1 amide bonds. The second kappa shape index (κ2) is 9.91. The summed E-state index contributed by atoms with van der Waals surface area (Å²) in [5.41, 5.74) is 6.12. The van der Waals surface area contributed by atoms with E-state index in [-0.39, 0.29) is 11.9 Å². The van der Waals surface area contributed by atoms with Gasteiger partial charge in [0.25, 0.3) is 0 Å². The van der Waals surface area contributed by atoms with Crippen molar-refractivity contribution in [2.75, 3.05) is 13.7 Å². The standard InChI is InChI=1S/C28H36N2O2/c1-19(2)30(18-21-8-6-5-7-9-21)20(3)16-26-27-22(14-15-29-28(26)31)10-11-23-17-24(32-4)12-13-25(23)27/h5-9,12-13,17,19-20,22H,10-11,14-16,18H2,1-4H3,(H,29,31). The van der Waals surface area contributed by atoms with E-state index in [4.69, 9.17) is 4.74 Å². The predicted molar refractivity (Wildman–Crippen MR) is 131 cm³/mol. The Labute approximate surface area is 192 Å². The van der Waals surface area contributed by atoms with Crippen molar-refractivity contribution >= 4 is 11.5 Å². The molecular formula is C28H36N2O2. The number of nitrogens with zero attached hydrogens (tertiary/aromatic N) is 1. The number of benzene rings is 2. The van der Waals surface area contributed by atoms with E-state index in [1.807, 2.05) is 6.07 Å². The van der Waals surface area contributed by atoms with Crippen LogP contribution in [0, 0.1) is 5.92 Å².